The van der Waals surface area contributed by atoms with Crippen molar-refractivity contribution in [1.29, 1.82) is 0 Å². The summed E-state index contributed by atoms with van der Waals surface area (Å²) in [6, 6.07) is 23.7. The molecular weight excluding hydrogens is 266 g/mol. The van der Waals surface area contributed by atoms with E-state index in [9.17, 15) is 0 Å². The summed E-state index contributed by atoms with van der Waals surface area (Å²) in [7, 11) is 0. The molecule has 0 bridgehead atoms. The van der Waals surface area contributed by atoms with E-state index < -0.39 is 0 Å². The van der Waals surface area contributed by atoms with Crippen molar-refractivity contribution >= 4 is 10.8 Å². The highest BCUT2D eigenvalue weighted by Gasteiger charge is 2.13. The maximum Gasteiger partial charge on any atom is 0.0301 e. The summed E-state index contributed by atoms with van der Waals surface area (Å²) < 4.78 is 0. The van der Waals surface area contributed by atoms with Gasteiger partial charge < -0.3 is 5.73 Å². The largest absolute Gasteiger partial charge is 0.324 e. The molecule has 0 saturated heterocycles. The zero-order valence-corrected chi connectivity index (χ0v) is 13.1. The lowest BCUT2D eigenvalue weighted by Crippen LogP contribution is -2.11. The first kappa shape index (κ1) is 14.8. The van der Waals surface area contributed by atoms with Gasteiger partial charge in [0.15, 0.2) is 0 Å². The second kappa shape index (κ2) is 6.76. The minimum atomic E-state index is 0.107. The fraction of sp³-hybridized carbons (Fsp3) is 0.238. The molecule has 0 spiro atoms. The van der Waals surface area contributed by atoms with E-state index in [2.05, 4.69) is 73.7 Å². The van der Waals surface area contributed by atoms with Crippen molar-refractivity contribution in [3.05, 3.63) is 72.3 Å². The third-order valence-electron chi connectivity index (χ3n) is 4.31. The van der Waals surface area contributed by atoms with E-state index in [-0.39, 0.29) is 6.04 Å². The topological polar surface area (TPSA) is 26.0 Å². The van der Waals surface area contributed by atoms with Gasteiger partial charge in [-0.25, -0.2) is 0 Å². The highest BCUT2D eigenvalue weighted by Crippen LogP contribution is 2.34. The van der Waals surface area contributed by atoms with Crippen molar-refractivity contribution < 1.29 is 0 Å². The van der Waals surface area contributed by atoms with Crippen LogP contribution >= 0.6 is 0 Å². The van der Waals surface area contributed by atoms with E-state index in [1.54, 1.807) is 0 Å². The maximum absolute atomic E-state index is 6.46. The Morgan fingerprint density at radius 2 is 1.50 bits per heavy atom. The summed E-state index contributed by atoms with van der Waals surface area (Å²) in [5.41, 5.74) is 10.3. The molecule has 0 aliphatic heterocycles. The van der Waals surface area contributed by atoms with Gasteiger partial charge in [-0.15, -0.1) is 0 Å². The number of nitrogens with two attached hydrogens (primary N) is 1. The van der Waals surface area contributed by atoms with Crippen LogP contribution in [0.1, 0.15) is 37.8 Å². The Labute approximate surface area is 132 Å². The molecule has 3 rings (SSSR count). The quantitative estimate of drug-likeness (QED) is 0.641. The molecule has 1 heteroatoms. The highest BCUT2D eigenvalue weighted by atomic mass is 14.6. The number of hydrogen-bond donors (Lipinski definition) is 1. The van der Waals surface area contributed by atoms with Crippen LogP contribution in [0.3, 0.4) is 0 Å². The molecule has 2 N–H and O–H groups in total. The van der Waals surface area contributed by atoms with Gasteiger partial charge in [-0.05, 0) is 33.9 Å². The number of fused-ring (bicyclic) bond motifs is 1. The molecule has 3 aromatic carbocycles. The third-order valence-corrected chi connectivity index (χ3v) is 4.31. The first-order chi connectivity index (χ1) is 10.8. The summed E-state index contributed by atoms with van der Waals surface area (Å²) in [5, 5.41) is 2.57. The van der Waals surface area contributed by atoms with Crippen molar-refractivity contribution in [3.8, 4) is 11.1 Å². The minimum absolute atomic E-state index is 0.107. The lowest BCUT2D eigenvalue weighted by Gasteiger charge is -2.17. The second-order valence-corrected chi connectivity index (χ2v) is 5.86. The Kier molecular flexibility index (Phi) is 4.55. The van der Waals surface area contributed by atoms with Crippen LogP contribution in [0.4, 0.5) is 0 Å². The van der Waals surface area contributed by atoms with Crippen LogP contribution in [0.5, 0.6) is 0 Å². The second-order valence-electron chi connectivity index (χ2n) is 5.86. The molecular formula is C21H23N. The average molecular weight is 289 g/mol. The zero-order chi connectivity index (χ0) is 15.4. The van der Waals surface area contributed by atoms with Gasteiger partial charge in [0.1, 0.15) is 0 Å². The van der Waals surface area contributed by atoms with Crippen LogP contribution in [-0.4, -0.2) is 0 Å². The summed E-state index contributed by atoms with van der Waals surface area (Å²) in [6.07, 6.45) is 3.40. The highest BCUT2D eigenvalue weighted by molar-refractivity contribution is 5.97. The summed E-state index contributed by atoms with van der Waals surface area (Å²) in [4.78, 5) is 0. The molecule has 0 heterocycles. The van der Waals surface area contributed by atoms with Gasteiger partial charge >= 0.3 is 0 Å². The van der Waals surface area contributed by atoms with Crippen LogP contribution < -0.4 is 5.73 Å². The van der Waals surface area contributed by atoms with Crippen molar-refractivity contribution in [1.82, 2.24) is 0 Å². The molecule has 0 aliphatic rings. The number of unbranched alkanes of at least 4 members (excludes halogenated alkanes) is 1. The van der Waals surface area contributed by atoms with Gasteiger partial charge in [0.05, 0.1) is 0 Å². The molecule has 112 valence electrons. The van der Waals surface area contributed by atoms with Gasteiger partial charge in [0, 0.05) is 6.04 Å². The zero-order valence-electron chi connectivity index (χ0n) is 13.1. The Hall–Kier alpha value is -2.12. The molecule has 0 aromatic heterocycles. The molecule has 0 aliphatic carbocycles. The monoisotopic (exact) mass is 289 g/mol. The van der Waals surface area contributed by atoms with Gasteiger partial charge in [0.2, 0.25) is 0 Å². The van der Waals surface area contributed by atoms with Gasteiger partial charge in [-0.2, -0.15) is 0 Å². The van der Waals surface area contributed by atoms with E-state index in [1.807, 2.05) is 0 Å². The molecule has 0 amide bonds. The van der Waals surface area contributed by atoms with E-state index in [4.69, 9.17) is 5.73 Å². The Balaban J connectivity index is 2.11. The predicted octanol–water partition coefficient (Wildman–Crippen LogP) is 5.70. The molecule has 1 unspecified atom stereocenters. The van der Waals surface area contributed by atoms with Crippen molar-refractivity contribution in [3.63, 3.8) is 0 Å². The smallest absolute Gasteiger partial charge is 0.0301 e. The molecule has 3 aromatic rings. The summed E-state index contributed by atoms with van der Waals surface area (Å²) in [5.74, 6) is 0. The average Bonchev–Trinajstić information content (AvgIpc) is 2.59. The fourth-order valence-corrected chi connectivity index (χ4v) is 3.11. The lowest BCUT2D eigenvalue weighted by atomic mass is 9.90. The number of rotatable bonds is 5. The fourth-order valence-electron chi connectivity index (χ4n) is 3.11. The summed E-state index contributed by atoms with van der Waals surface area (Å²) in [6.45, 7) is 2.21. The minimum Gasteiger partial charge on any atom is -0.324 e. The predicted molar refractivity (Wildman–Crippen MR) is 95.8 cm³/mol. The lowest BCUT2D eigenvalue weighted by molar-refractivity contribution is 0.604. The Morgan fingerprint density at radius 1 is 0.818 bits per heavy atom. The van der Waals surface area contributed by atoms with E-state index in [0.29, 0.717) is 0 Å². The van der Waals surface area contributed by atoms with Crippen LogP contribution in [0, 0.1) is 0 Å². The SMILES string of the molecule is CCCCC(N)c1ccccc1-c1cccc2ccccc12. The van der Waals surface area contributed by atoms with E-state index in [0.717, 1.165) is 6.42 Å². The van der Waals surface area contributed by atoms with Crippen LogP contribution in [-0.2, 0) is 0 Å². The standard InChI is InChI=1S/C21H23N/c1-2-3-15-21(22)20-13-7-6-12-19(20)18-14-8-10-16-9-4-5-11-17(16)18/h4-14,21H,2-3,15,22H2,1H3. The Bertz CT molecular complexity index is 755. The molecule has 1 atom stereocenters. The number of benzene rings is 3. The molecule has 0 radical (unpaired) electrons. The van der Waals surface area contributed by atoms with Crippen LogP contribution in [0.25, 0.3) is 21.9 Å². The maximum atomic E-state index is 6.46. The van der Waals surface area contributed by atoms with Gasteiger partial charge in [-0.1, -0.05) is 86.5 Å². The van der Waals surface area contributed by atoms with E-state index >= 15 is 0 Å². The molecule has 0 fully saturated rings. The van der Waals surface area contributed by atoms with Crippen LogP contribution in [0.15, 0.2) is 66.7 Å². The van der Waals surface area contributed by atoms with Gasteiger partial charge in [-0.3, -0.25) is 0 Å². The summed E-state index contributed by atoms with van der Waals surface area (Å²) >= 11 is 0. The van der Waals surface area contributed by atoms with Gasteiger partial charge in [0.25, 0.3) is 0 Å². The molecule has 0 saturated carbocycles. The number of hydrogen-bond acceptors (Lipinski definition) is 1. The van der Waals surface area contributed by atoms with Crippen LogP contribution in [0.2, 0.25) is 0 Å². The van der Waals surface area contributed by atoms with E-state index in [1.165, 1.54) is 40.3 Å². The Morgan fingerprint density at radius 3 is 2.36 bits per heavy atom. The van der Waals surface area contributed by atoms with Crippen molar-refractivity contribution in [2.24, 2.45) is 5.73 Å². The normalized spacial score (nSPS) is 12.5. The first-order valence-corrected chi connectivity index (χ1v) is 8.14. The van der Waals surface area contributed by atoms with Crippen molar-refractivity contribution in [2.75, 3.05) is 0 Å². The first-order valence-electron chi connectivity index (χ1n) is 8.14. The molecule has 1 nitrogen and oxygen atoms in total. The molecule has 22 heavy (non-hydrogen) atoms. The third kappa shape index (κ3) is 2.90. The van der Waals surface area contributed by atoms with Crippen molar-refractivity contribution in [2.45, 2.75) is 32.2 Å².